The molecule has 17 heavy (non-hydrogen) atoms. The summed E-state index contributed by atoms with van der Waals surface area (Å²) in [5.41, 5.74) is 1.64. The molecule has 0 nitrogen and oxygen atoms in total. The predicted molar refractivity (Wildman–Crippen MR) is 80.5 cm³/mol. The van der Waals surface area contributed by atoms with Crippen LogP contribution in [0.1, 0.15) is 97.8 Å². The molecule has 0 unspecified atom stereocenters. The Morgan fingerprint density at radius 2 is 1.18 bits per heavy atom. The van der Waals surface area contributed by atoms with Crippen LogP contribution in [0.25, 0.3) is 0 Å². The lowest BCUT2D eigenvalue weighted by atomic mass is 10.0. The molecule has 0 fully saturated rings. The van der Waals surface area contributed by atoms with Gasteiger partial charge in [0, 0.05) is 0 Å². The molecule has 0 heterocycles. The van der Waals surface area contributed by atoms with Gasteiger partial charge in [-0.2, -0.15) is 0 Å². The summed E-state index contributed by atoms with van der Waals surface area (Å²) in [6.07, 6.45) is 19.3. The lowest BCUT2D eigenvalue weighted by Gasteiger charge is -2.04. The Kier molecular flexibility index (Phi) is 13.6. The van der Waals surface area contributed by atoms with Crippen LogP contribution in [0, 0.1) is 0 Å². The van der Waals surface area contributed by atoms with Gasteiger partial charge in [0.15, 0.2) is 0 Å². The van der Waals surface area contributed by atoms with Crippen molar-refractivity contribution in [1.82, 2.24) is 0 Å². The summed E-state index contributed by atoms with van der Waals surface area (Å²) in [7, 11) is 0. The molecular formula is C17H34. The van der Waals surface area contributed by atoms with Gasteiger partial charge in [-0.25, -0.2) is 0 Å². The fourth-order valence-electron chi connectivity index (χ4n) is 2.36. The van der Waals surface area contributed by atoms with E-state index >= 15 is 0 Å². The summed E-state index contributed by atoms with van der Waals surface area (Å²) >= 11 is 0. The highest BCUT2D eigenvalue weighted by atomic mass is 14.0. The molecule has 0 saturated carbocycles. The van der Waals surface area contributed by atoms with Gasteiger partial charge in [0.2, 0.25) is 0 Å². The van der Waals surface area contributed by atoms with Crippen LogP contribution in [0.4, 0.5) is 0 Å². The molecule has 0 aliphatic carbocycles. The third-order valence-corrected chi connectivity index (χ3v) is 3.71. The van der Waals surface area contributed by atoms with Crippen molar-refractivity contribution in [2.24, 2.45) is 0 Å². The van der Waals surface area contributed by atoms with Gasteiger partial charge in [-0.3, -0.25) is 0 Å². The van der Waals surface area contributed by atoms with E-state index in [4.69, 9.17) is 0 Å². The maximum absolute atomic E-state index is 2.30. The van der Waals surface area contributed by atoms with Gasteiger partial charge in [-0.1, -0.05) is 83.3 Å². The summed E-state index contributed by atoms with van der Waals surface area (Å²) in [5.74, 6) is 0. The Balaban J connectivity index is 3.08. The molecule has 0 bridgehead atoms. The van der Waals surface area contributed by atoms with Crippen LogP contribution < -0.4 is 0 Å². The van der Waals surface area contributed by atoms with E-state index in [2.05, 4.69) is 26.8 Å². The summed E-state index contributed by atoms with van der Waals surface area (Å²) in [4.78, 5) is 0. The number of unbranched alkanes of at least 4 members (excludes halogenated alkanes) is 9. The van der Waals surface area contributed by atoms with Crippen molar-refractivity contribution in [2.45, 2.75) is 97.8 Å². The molecule has 0 atom stereocenters. The number of allylic oxidation sites excluding steroid dienone is 2. The third-order valence-electron chi connectivity index (χ3n) is 3.71. The monoisotopic (exact) mass is 238 g/mol. The minimum absolute atomic E-state index is 1.24. The smallest absolute Gasteiger partial charge is 0.0321 e. The summed E-state index contributed by atoms with van der Waals surface area (Å²) in [6.45, 7) is 6.73. The lowest BCUT2D eigenvalue weighted by molar-refractivity contribution is 0.555. The molecule has 0 aromatic rings. The zero-order valence-corrected chi connectivity index (χ0v) is 12.6. The Bertz CT molecular complexity index is 167. The minimum atomic E-state index is 1.24. The van der Waals surface area contributed by atoms with E-state index in [0.29, 0.717) is 0 Å². The molecule has 0 aliphatic heterocycles. The maximum atomic E-state index is 2.30. The molecule has 0 saturated heterocycles. The number of hydrogen-bond acceptors (Lipinski definition) is 0. The van der Waals surface area contributed by atoms with E-state index < -0.39 is 0 Å². The standard InChI is InChI=1S/C17H34/c1-4-7-8-9-10-11-12-13-14-15-16-17(5-2)6-3/h5H,4,6-16H2,1-3H3. The van der Waals surface area contributed by atoms with Crippen molar-refractivity contribution in [2.75, 3.05) is 0 Å². The summed E-state index contributed by atoms with van der Waals surface area (Å²) in [5, 5.41) is 0. The summed E-state index contributed by atoms with van der Waals surface area (Å²) < 4.78 is 0. The molecule has 0 aromatic heterocycles. The normalized spacial score (nSPS) is 12.1. The largest absolute Gasteiger partial charge is 0.0885 e. The topological polar surface area (TPSA) is 0 Å². The van der Waals surface area contributed by atoms with Crippen molar-refractivity contribution >= 4 is 0 Å². The first-order chi connectivity index (χ1) is 8.35. The van der Waals surface area contributed by atoms with Crippen LogP contribution in [0.15, 0.2) is 11.6 Å². The molecule has 0 radical (unpaired) electrons. The Hall–Kier alpha value is -0.260. The van der Waals surface area contributed by atoms with Gasteiger partial charge in [0.1, 0.15) is 0 Å². The first-order valence-electron chi connectivity index (χ1n) is 7.99. The second-order valence-electron chi connectivity index (χ2n) is 5.23. The average Bonchev–Trinajstić information content (AvgIpc) is 2.36. The fraction of sp³-hybridized carbons (Fsp3) is 0.882. The second kappa shape index (κ2) is 13.8. The molecule has 0 spiro atoms. The van der Waals surface area contributed by atoms with Crippen molar-refractivity contribution in [3.8, 4) is 0 Å². The average molecular weight is 238 g/mol. The van der Waals surface area contributed by atoms with Crippen LogP contribution in [0.5, 0.6) is 0 Å². The minimum Gasteiger partial charge on any atom is -0.0885 e. The SMILES string of the molecule is CC=C(CC)CCCCCCCCCCCC. The molecule has 0 rings (SSSR count). The van der Waals surface area contributed by atoms with E-state index in [1.165, 1.54) is 77.0 Å². The van der Waals surface area contributed by atoms with Gasteiger partial charge >= 0.3 is 0 Å². The van der Waals surface area contributed by atoms with Crippen LogP contribution >= 0.6 is 0 Å². The van der Waals surface area contributed by atoms with Gasteiger partial charge in [0.25, 0.3) is 0 Å². The Labute approximate surface area is 110 Å². The first kappa shape index (κ1) is 16.7. The lowest BCUT2D eigenvalue weighted by Crippen LogP contribution is -1.84. The van der Waals surface area contributed by atoms with Gasteiger partial charge in [-0.05, 0) is 26.2 Å². The highest BCUT2D eigenvalue weighted by Gasteiger charge is 1.95. The summed E-state index contributed by atoms with van der Waals surface area (Å²) in [6, 6.07) is 0. The zero-order valence-electron chi connectivity index (χ0n) is 12.6. The first-order valence-corrected chi connectivity index (χ1v) is 7.99. The molecule has 0 heteroatoms. The van der Waals surface area contributed by atoms with Crippen LogP contribution in [-0.4, -0.2) is 0 Å². The van der Waals surface area contributed by atoms with E-state index in [1.807, 2.05) is 0 Å². The van der Waals surface area contributed by atoms with Crippen LogP contribution in [0.2, 0.25) is 0 Å². The highest BCUT2D eigenvalue weighted by Crippen LogP contribution is 2.14. The van der Waals surface area contributed by atoms with Crippen molar-refractivity contribution < 1.29 is 0 Å². The van der Waals surface area contributed by atoms with Crippen molar-refractivity contribution in [3.05, 3.63) is 11.6 Å². The molecule has 0 aromatic carbocycles. The van der Waals surface area contributed by atoms with Crippen LogP contribution in [0.3, 0.4) is 0 Å². The van der Waals surface area contributed by atoms with Crippen molar-refractivity contribution in [3.63, 3.8) is 0 Å². The van der Waals surface area contributed by atoms with E-state index in [0.717, 1.165) is 0 Å². The van der Waals surface area contributed by atoms with E-state index in [-0.39, 0.29) is 0 Å². The van der Waals surface area contributed by atoms with Crippen LogP contribution in [-0.2, 0) is 0 Å². The third kappa shape index (κ3) is 12.0. The van der Waals surface area contributed by atoms with Gasteiger partial charge in [0.05, 0.1) is 0 Å². The predicted octanol–water partition coefficient (Wildman–Crippen LogP) is 6.65. The fourth-order valence-corrected chi connectivity index (χ4v) is 2.36. The number of hydrogen-bond donors (Lipinski definition) is 0. The second-order valence-corrected chi connectivity index (χ2v) is 5.23. The number of rotatable bonds is 12. The van der Waals surface area contributed by atoms with E-state index in [1.54, 1.807) is 5.57 Å². The maximum Gasteiger partial charge on any atom is -0.0321 e. The van der Waals surface area contributed by atoms with Crippen molar-refractivity contribution in [1.29, 1.82) is 0 Å². The molecule has 102 valence electrons. The van der Waals surface area contributed by atoms with Gasteiger partial charge < -0.3 is 0 Å². The molecule has 0 aliphatic rings. The van der Waals surface area contributed by atoms with Gasteiger partial charge in [-0.15, -0.1) is 0 Å². The molecule has 0 N–H and O–H groups in total. The molecule has 0 amide bonds. The Morgan fingerprint density at radius 1 is 0.706 bits per heavy atom. The molecular weight excluding hydrogens is 204 g/mol. The quantitative estimate of drug-likeness (QED) is 0.263. The van der Waals surface area contributed by atoms with E-state index in [9.17, 15) is 0 Å². The Morgan fingerprint density at radius 3 is 1.59 bits per heavy atom. The highest BCUT2D eigenvalue weighted by molar-refractivity contribution is 4.98. The zero-order chi connectivity index (χ0) is 12.8.